The fourth-order valence-electron chi connectivity index (χ4n) is 2.63. The highest BCUT2D eigenvalue weighted by atomic mass is 32.2. The largest absolute Gasteiger partial charge is 0.480 e. The molecule has 140 valence electrons. The number of hydrogen-bond donors (Lipinski definition) is 2. The van der Waals surface area contributed by atoms with Crippen LogP contribution < -0.4 is 15.4 Å². The number of halogens is 1. The normalized spacial score (nSPS) is 16.1. The van der Waals surface area contributed by atoms with Crippen LogP contribution in [-0.2, 0) is 17.8 Å². The van der Waals surface area contributed by atoms with E-state index in [1.54, 1.807) is 24.3 Å². The van der Waals surface area contributed by atoms with Gasteiger partial charge >= 0.3 is 0 Å². The van der Waals surface area contributed by atoms with Gasteiger partial charge in [-0.2, -0.15) is 0 Å². The first-order valence-electron chi connectivity index (χ1n) is 8.04. The molecule has 27 heavy (non-hydrogen) atoms. The number of nitrogens with one attached hydrogen (secondary N) is 2. The third-order valence-corrected chi connectivity index (χ3v) is 4.93. The minimum absolute atomic E-state index is 0.0422. The molecule has 9 heteroatoms. The number of imide groups is 1. The Morgan fingerprint density at radius 3 is 2.89 bits per heavy atom. The molecule has 2 aromatic rings. The van der Waals surface area contributed by atoms with E-state index < -0.39 is 17.0 Å². The number of nitrogens with zero attached hydrogens (tertiary/aromatic N) is 1. The number of thioether (sulfide) groups is 1. The van der Waals surface area contributed by atoms with Crippen LogP contribution in [0.2, 0.25) is 0 Å². The first-order valence-corrected chi connectivity index (χ1v) is 8.92. The number of aromatic nitrogens is 1. The number of carbonyl (C=O) groups excluding carboxylic acids is 3. The highest BCUT2D eigenvalue weighted by Gasteiger charge is 2.31. The summed E-state index contributed by atoms with van der Waals surface area (Å²) >= 11 is 0.914. The topological polar surface area (TPSA) is 97.4 Å². The van der Waals surface area contributed by atoms with E-state index in [1.807, 2.05) is 0 Å². The van der Waals surface area contributed by atoms with Crippen molar-refractivity contribution < 1.29 is 23.5 Å². The van der Waals surface area contributed by atoms with E-state index in [-0.39, 0.29) is 34.7 Å². The number of methoxy groups -OCH3 is 1. The molecule has 1 aromatic carbocycles. The highest BCUT2D eigenvalue weighted by Crippen LogP contribution is 2.24. The molecule has 1 atom stereocenters. The van der Waals surface area contributed by atoms with E-state index in [2.05, 4.69) is 15.6 Å². The van der Waals surface area contributed by atoms with Gasteiger partial charge in [-0.3, -0.25) is 19.7 Å². The molecule has 0 saturated carbocycles. The Morgan fingerprint density at radius 1 is 1.37 bits per heavy atom. The van der Waals surface area contributed by atoms with Gasteiger partial charge in [-0.15, -0.1) is 0 Å². The van der Waals surface area contributed by atoms with E-state index in [4.69, 9.17) is 4.74 Å². The summed E-state index contributed by atoms with van der Waals surface area (Å²) in [5.41, 5.74) is 1.22. The lowest BCUT2D eigenvalue weighted by atomic mass is 10.0. The molecular formula is C18H16FN3O4S. The van der Waals surface area contributed by atoms with Crippen LogP contribution in [0.3, 0.4) is 0 Å². The Kier molecular flexibility index (Phi) is 5.70. The summed E-state index contributed by atoms with van der Waals surface area (Å²) in [4.78, 5) is 39.2. The third-order valence-electron chi connectivity index (χ3n) is 3.95. The van der Waals surface area contributed by atoms with E-state index in [1.165, 1.54) is 19.4 Å². The average molecular weight is 389 g/mol. The van der Waals surface area contributed by atoms with Gasteiger partial charge in [0, 0.05) is 18.3 Å². The molecule has 2 heterocycles. The van der Waals surface area contributed by atoms with Crippen molar-refractivity contribution in [3.63, 3.8) is 0 Å². The Balaban J connectivity index is 1.69. The van der Waals surface area contributed by atoms with Crippen molar-refractivity contribution in [3.8, 4) is 5.88 Å². The summed E-state index contributed by atoms with van der Waals surface area (Å²) in [6, 6.07) is 7.57. The first kappa shape index (κ1) is 18.8. The molecule has 1 aliphatic heterocycles. The lowest BCUT2D eigenvalue weighted by Gasteiger charge is -2.11. The van der Waals surface area contributed by atoms with E-state index in [0.717, 1.165) is 11.8 Å². The van der Waals surface area contributed by atoms with E-state index in [9.17, 15) is 18.8 Å². The van der Waals surface area contributed by atoms with E-state index >= 15 is 0 Å². The van der Waals surface area contributed by atoms with Crippen molar-refractivity contribution in [3.05, 3.63) is 59.0 Å². The quantitative estimate of drug-likeness (QED) is 0.785. The minimum atomic E-state index is -0.537. The summed E-state index contributed by atoms with van der Waals surface area (Å²) in [6.07, 6.45) is 1.79. The second-order valence-corrected chi connectivity index (χ2v) is 6.93. The zero-order valence-electron chi connectivity index (χ0n) is 14.3. The lowest BCUT2D eigenvalue weighted by molar-refractivity contribution is -0.118. The fourth-order valence-corrected chi connectivity index (χ4v) is 3.49. The molecule has 0 radical (unpaired) electrons. The first-order chi connectivity index (χ1) is 13.0. The van der Waals surface area contributed by atoms with Gasteiger partial charge in [0.1, 0.15) is 11.4 Å². The maximum Gasteiger partial charge on any atom is 0.286 e. The van der Waals surface area contributed by atoms with Crippen molar-refractivity contribution in [2.45, 2.75) is 18.2 Å². The van der Waals surface area contributed by atoms with Gasteiger partial charge in [-0.1, -0.05) is 23.9 Å². The van der Waals surface area contributed by atoms with Gasteiger partial charge in [-0.25, -0.2) is 9.37 Å². The standard InChI is InChI=1S/C18H16FN3O4S/c1-26-17-12(3-2-6-20-17)15(23)21-9-11-7-10(4-5-13(11)19)8-14-16(24)22-18(25)27-14/h2-7,14H,8-9H2,1H3,(H,21,23)(H,22,24,25). The third kappa shape index (κ3) is 4.43. The van der Waals surface area contributed by atoms with Gasteiger partial charge < -0.3 is 10.1 Å². The van der Waals surface area contributed by atoms with Gasteiger partial charge in [0.25, 0.3) is 11.1 Å². The predicted octanol–water partition coefficient (Wildman–Crippen LogP) is 2.05. The molecule has 7 nitrogen and oxygen atoms in total. The smallest absolute Gasteiger partial charge is 0.286 e. The molecule has 1 saturated heterocycles. The van der Waals surface area contributed by atoms with Gasteiger partial charge in [0.05, 0.1) is 12.4 Å². The summed E-state index contributed by atoms with van der Waals surface area (Å²) < 4.78 is 19.1. The molecule has 0 bridgehead atoms. The molecule has 1 aliphatic rings. The van der Waals surface area contributed by atoms with Crippen molar-refractivity contribution >= 4 is 28.8 Å². The number of benzene rings is 1. The van der Waals surface area contributed by atoms with Crippen LogP contribution >= 0.6 is 11.8 Å². The van der Waals surface area contributed by atoms with Crippen LogP contribution in [0.25, 0.3) is 0 Å². The molecule has 3 amide bonds. The van der Waals surface area contributed by atoms with Crippen molar-refractivity contribution in [2.75, 3.05) is 7.11 Å². The molecule has 0 spiro atoms. The van der Waals surface area contributed by atoms with Crippen molar-refractivity contribution in [2.24, 2.45) is 0 Å². The minimum Gasteiger partial charge on any atom is -0.480 e. The van der Waals surface area contributed by atoms with Crippen LogP contribution in [0.15, 0.2) is 36.5 Å². The second-order valence-electron chi connectivity index (χ2n) is 5.76. The van der Waals surface area contributed by atoms with E-state index in [0.29, 0.717) is 12.0 Å². The second kappa shape index (κ2) is 8.17. The number of amides is 3. The lowest BCUT2D eigenvalue weighted by Crippen LogP contribution is -2.26. The fraction of sp³-hybridized carbons (Fsp3) is 0.222. The van der Waals surface area contributed by atoms with Crippen LogP contribution in [0.4, 0.5) is 9.18 Å². The molecule has 1 unspecified atom stereocenters. The zero-order chi connectivity index (χ0) is 19.4. The SMILES string of the molecule is COc1ncccc1C(=O)NCc1cc(CC2SC(=O)NC2=O)ccc1F. The Bertz CT molecular complexity index is 906. The zero-order valence-corrected chi connectivity index (χ0v) is 15.1. The van der Waals surface area contributed by atoms with Crippen LogP contribution in [0.5, 0.6) is 5.88 Å². The summed E-state index contributed by atoms with van der Waals surface area (Å²) in [5.74, 6) is -1.09. The molecule has 1 fully saturated rings. The monoisotopic (exact) mass is 389 g/mol. The summed E-state index contributed by atoms with van der Waals surface area (Å²) in [7, 11) is 1.41. The van der Waals surface area contributed by atoms with Crippen LogP contribution in [0, 0.1) is 5.82 Å². The number of ether oxygens (including phenoxy) is 1. The number of carbonyl (C=O) groups is 3. The Hall–Kier alpha value is -2.94. The summed E-state index contributed by atoms with van der Waals surface area (Å²) in [6.45, 7) is -0.0422. The molecule has 3 rings (SSSR count). The average Bonchev–Trinajstić information content (AvgIpc) is 2.98. The van der Waals surface area contributed by atoms with Crippen molar-refractivity contribution in [1.82, 2.24) is 15.6 Å². The Morgan fingerprint density at radius 2 is 2.19 bits per heavy atom. The Labute approximate surface area is 158 Å². The van der Waals surface area contributed by atoms with Crippen LogP contribution in [0.1, 0.15) is 21.5 Å². The number of pyridine rings is 1. The number of rotatable bonds is 6. The molecule has 0 aliphatic carbocycles. The number of hydrogen-bond acceptors (Lipinski definition) is 6. The highest BCUT2D eigenvalue weighted by molar-refractivity contribution is 8.15. The van der Waals surface area contributed by atoms with Gasteiger partial charge in [0.15, 0.2) is 0 Å². The maximum absolute atomic E-state index is 14.1. The predicted molar refractivity (Wildman–Crippen MR) is 97.0 cm³/mol. The molecule has 1 aromatic heterocycles. The van der Waals surface area contributed by atoms with Crippen LogP contribution in [-0.4, -0.2) is 34.4 Å². The molecule has 2 N–H and O–H groups in total. The van der Waals surface area contributed by atoms with Gasteiger partial charge in [0.2, 0.25) is 11.8 Å². The van der Waals surface area contributed by atoms with Crippen molar-refractivity contribution in [1.29, 1.82) is 0 Å². The summed E-state index contributed by atoms with van der Waals surface area (Å²) in [5, 5.41) is 3.93. The molecular weight excluding hydrogens is 373 g/mol. The maximum atomic E-state index is 14.1. The van der Waals surface area contributed by atoms with Gasteiger partial charge in [-0.05, 0) is 30.2 Å².